The summed E-state index contributed by atoms with van der Waals surface area (Å²) < 4.78 is 12.6. The van der Waals surface area contributed by atoms with Gasteiger partial charge in [-0.05, 0) is 37.3 Å². The summed E-state index contributed by atoms with van der Waals surface area (Å²) in [4.78, 5) is 1.32. The fourth-order valence-corrected chi connectivity index (χ4v) is 3.58. The van der Waals surface area contributed by atoms with Gasteiger partial charge in [0.15, 0.2) is 11.5 Å². The van der Waals surface area contributed by atoms with Crippen molar-refractivity contribution in [3.8, 4) is 17.2 Å². The molecular formula is C20H21ClN3O2+. The number of quaternary nitrogens is 1. The van der Waals surface area contributed by atoms with Crippen LogP contribution in [-0.2, 0) is 13.1 Å². The van der Waals surface area contributed by atoms with E-state index in [1.54, 1.807) is 4.68 Å². The highest BCUT2D eigenvalue weighted by Crippen LogP contribution is 2.32. The molecule has 1 atom stereocenters. The zero-order valence-corrected chi connectivity index (χ0v) is 15.6. The average Bonchev–Trinajstić information content (AvgIpc) is 3.21. The predicted molar refractivity (Wildman–Crippen MR) is 100 cm³/mol. The molecule has 0 radical (unpaired) electrons. The van der Waals surface area contributed by atoms with Gasteiger partial charge < -0.3 is 14.4 Å². The molecule has 0 spiro atoms. The number of benzene rings is 2. The van der Waals surface area contributed by atoms with Gasteiger partial charge in [-0.1, -0.05) is 29.8 Å². The first kappa shape index (κ1) is 16.9. The maximum Gasteiger partial charge on any atom is 0.231 e. The molecule has 26 heavy (non-hydrogen) atoms. The fraction of sp³-hybridized carbons (Fsp3) is 0.250. The summed E-state index contributed by atoms with van der Waals surface area (Å²) in [6, 6.07) is 16.1. The highest BCUT2D eigenvalue weighted by molar-refractivity contribution is 6.30. The minimum atomic E-state index is 0.301. The Bertz CT molecular complexity index is 924. The summed E-state index contributed by atoms with van der Waals surface area (Å²) in [7, 11) is 2.15. The van der Waals surface area contributed by atoms with Crippen molar-refractivity contribution >= 4 is 11.6 Å². The molecule has 3 aromatic rings. The van der Waals surface area contributed by atoms with E-state index in [1.165, 1.54) is 10.5 Å². The molecule has 0 aliphatic carbocycles. The summed E-state index contributed by atoms with van der Waals surface area (Å²) in [5, 5.41) is 5.30. The third-order valence-electron chi connectivity index (χ3n) is 4.54. The Balaban J connectivity index is 1.51. The SMILES string of the molecule is Cc1nn(-c2ccccc2)c(Cl)c1C[NH+](C)Cc1ccc2c(c1)OCO2. The first-order valence-electron chi connectivity index (χ1n) is 8.61. The number of ether oxygens (including phenoxy) is 2. The van der Waals surface area contributed by atoms with Crippen LogP contribution in [0.4, 0.5) is 0 Å². The number of rotatable bonds is 5. The molecule has 2 heterocycles. The molecule has 1 unspecified atom stereocenters. The van der Waals surface area contributed by atoms with E-state index in [1.807, 2.05) is 49.4 Å². The number of nitrogens with one attached hydrogen (secondary N) is 1. The zero-order chi connectivity index (χ0) is 18.1. The van der Waals surface area contributed by atoms with Crippen molar-refractivity contribution in [3.05, 3.63) is 70.5 Å². The number of nitrogens with zero attached hydrogens (tertiary/aromatic N) is 2. The standard InChI is InChI=1S/C20H20ClN3O2/c1-14-17(20(21)24(22-14)16-6-4-3-5-7-16)12-23(2)11-15-8-9-18-19(10-15)26-13-25-18/h3-10H,11-13H2,1-2H3/p+1. The lowest BCUT2D eigenvalue weighted by Crippen LogP contribution is -3.06. The van der Waals surface area contributed by atoms with Crippen molar-refractivity contribution in [1.29, 1.82) is 0 Å². The third-order valence-corrected chi connectivity index (χ3v) is 4.93. The molecule has 0 amide bonds. The van der Waals surface area contributed by atoms with E-state index in [4.69, 9.17) is 21.1 Å². The summed E-state index contributed by atoms with van der Waals surface area (Å²) in [6.07, 6.45) is 0. The van der Waals surface area contributed by atoms with E-state index >= 15 is 0 Å². The largest absolute Gasteiger partial charge is 0.454 e. The van der Waals surface area contributed by atoms with Gasteiger partial charge >= 0.3 is 0 Å². The van der Waals surface area contributed by atoms with Gasteiger partial charge in [0.25, 0.3) is 0 Å². The van der Waals surface area contributed by atoms with Crippen LogP contribution in [0.5, 0.6) is 11.5 Å². The second-order valence-electron chi connectivity index (χ2n) is 6.60. The number of hydrogen-bond donors (Lipinski definition) is 1. The quantitative estimate of drug-likeness (QED) is 0.750. The van der Waals surface area contributed by atoms with Crippen molar-refractivity contribution in [2.45, 2.75) is 20.0 Å². The van der Waals surface area contributed by atoms with Crippen molar-refractivity contribution in [1.82, 2.24) is 9.78 Å². The highest BCUT2D eigenvalue weighted by Gasteiger charge is 2.19. The van der Waals surface area contributed by atoms with Gasteiger partial charge in [0, 0.05) is 5.56 Å². The van der Waals surface area contributed by atoms with Crippen LogP contribution in [0.15, 0.2) is 48.5 Å². The Kier molecular flexibility index (Phi) is 4.57. The monoisotopic (exact) mass is 370 g/mol. The van der Waals surface area contributed by atoms with Crippen LogP contribution >= 0.6 is 11.6 Å². The fourth-order valence-electron chi connectivity index (χ4n) is 3.24. The van der Waals surface area contributed by atoms with E-state index in [0.29, 0.717) is 11.9 Å². The molecule has 2 aromatic carbocycles. The van der Waals surface area contributed by atoms with Crippen LogP contribution < -0.4 is 14.4 Å². The van der Waals surface area contributed by atoms with E-state index < -0.39 is 0 Å². The van der Waals surface area contributed by atoms with Crippen molar-refractivity contribution < 1.29 is 14.4 Å². The minimum Gasteiger partial charge on any atom is -0.454 e. The molecule has 1 aliphatic heterocycles. The summed E-state index contributed by atoms with van der Waals surface area (Å²) in [5.74, 6) is 1.64. The highest BCUT2D eigenvalue weighted by atomic mass is 35.5. The normalized spacial score (nSPS) is 13.8. The summed E-state index contributed by atoms with van der Waals surface area (Å²) >= 11 is 6.64. The topological polar surface area (TPSA) is 40.7 Å². The molecule has 6 heteroatoms. The van der Waals surface area contributed by atoms with Gasteiger partial charge in [0.1, 0.15) is 18.2 Å². The van der Waals surface area contributed by atoms with Crippen LogP contribution in [0.1, 0.15) is 16.8 Å². The van der Waals surface area contributed by atoms with Gasteiger partial charge in [0.05, 0.1) is 24.0 Å². The molecule has 1 N–H and O–H groups in total. The number of hydrogen-bond acceptors (Lipinski definition) is 3. The zero-order valence-electron chi connectivity index (χ0n) is 14.8. The average molecular weight is 371 g/mol. The minimum absolute atomic E-state index is 0.301. The number of fused-ring (bicyclic) bond motifs is 1. The summed E-state index contributed by atoms with van der Waals surface area (Å²) in [6.45, 7) is 3.97. The number of aromatic nitrogens is 2. The van der Waals surface area contributed by atoms with E-state index in [2.05, 4.69) is 18.2 Å². The molecule has 5 nitrogen and oxygen atoms in total. The Morgan fingerprint density at radius 3 is 2.65 bits per heavy atom. The lowest BCUT2D eigenvalue weighted by molar-refractivity contribution is -0.907. The molecule has 0 bridgehead atoms. The van der Waals surface area contributed by atoms with Crippen molar-refractivity contribution in [2.75, 3.05) is 13.8 Å². The van der Waals surface area contributed by atoms with Gasteiger partial charge in [-0.2, -0.15) is 5.10 Å². The molecule has 134 valence electrons. The Morgan fingerprint density at radius 2 is 1.85 bits per heavy atom. The maximum atomic E-state index is 6.64. The van der Waals surface area contributed by atoms with E-state index in [0.717, 1.165) is 41.5 Å². The van der Waals surface area contributed by atoms with Crippen LogP contribution in [0.2, 0.25) is 5.15 Å². The Labute approximate surface area is 157 Å². The Morgan fingerprint density at radius 1 is 1.08 bits per heavy atom. The lowest BCUT2D eigenvalue weighted by atomic mass is 10.1. The van der Waals surface area contributed by atoms with Crippen molar-refractivity contribution in [3.63, 3.8) is 0 Å². The Hall–Kier alpha value is -2.50. The molecule has 0 fully saturated rings. The predicted octanol–water partition coefficient (Wildman–Crippen LogP) is 2.78. The number of aryl methyl sites for hydroxylation is 1. The summed E-state index contributed by atoms with van der Waals surface area (Å²) in [5.41, 5.74) is 4.22. The first-order valence-corrected chi connectivity index (χ1v) is 8.99. The molecule has 1 aromatic heterocycles. The molecular weight excluding hydrogens is 350 g/mol. The molecule has 4 rings (SSSR count). The van der Waals surface area contributed by atoms with E-state index in [9.17, 15) is 0 Å². The molecule has 0 saturated heterocycles. The van der Waals surface area contributed by atoms with Gasteiger partial charge in [-0.15, -0.1) is 0 Å². The van der Waals surface area contributed by atoms with E-state index in [-0.39, 0.29) is 0 Å². The number of para-hydroxylation sites is 1. The van der Waals surface area contributed by atoms with Gasteiger partial charge in [-0.25, -0.2) is 4.68 Å². The smallest absolute Gasteiger partial charge is 0.231 e. The van der Waals surface area contributed by atoms with Crippen LogP contribution in [0.25, 0.3) is 5.69 Å². The lowest BCUT2D eigenvalue weighted by Gasteiger charge is -2.14. The van der Waals surface area contributed by atoms with Gasteiger partial charge in [-0.3, -0.25) is 0 Å². The maximum absolute atomic E-state index is 6.64. The van der Waals surface area contributed by atoms with Crippen LogP contribution in [0, 0.1) is 6.92 Å². The van der Waals surface area contributed by atoms with Crippen LogP contribution in [-0.4, -0.2) is 23.6 Å². The van der Waals surface area contributed by atoms with Crippen LogP contribution in [0.3, 0.4) is 0 Å². The molecule has 1 aliphatic rings. The molecule has 0 saturated carbocycles. The second kappa shape index (κ2) is 7.02. The van der Waals surface area contributed by atoms with Crippen molar-refractivity contribution in [2.24, 2.45) is 0 Å². The van der Waals surface area contributed by atoms with Gasteiger partial charge in [0.2, 0.25) is 6.79 Å². The second-order valence-corrected chi connectivity index (χ2v) is 6.96. The number of halogens is 1. The first-order chi connectivity index (χ1) is 12.6. The third kappa shape index (κ3) is 3.28.